The van der Waals surface area contributed by atoms with E-state index >= 15 is 0 Å². The Balaban J connectivity index is 4.63. The van der Waals surface area contributed by atoms with Gasteiger partial charge in [-0.1, -0.05) is 0 Å². The number of aliphatic imine (C=N–C) groups is 1. The van der Waals surface area contributed by atoms with E-state index in [2.05, 4.69) is 35.0 Å². The predicted octanol–water partition coefficient (Wildman–Crippen LogP) is 0.460. The summed E-state index contributed by atoms with van der Waals surface area (Å²) in [6, 6.07) is 0. The molecular weight excluding hydrogens is 182 g/mol. The molecule has 0 heterocycles. The monoisotopic (exact) mass is 195 g/mol. The van der Waals surface area contributed by atoms with Gasteiger partial charge < -0.3 is 4.74 Å². The van der Waals surface area contributed by atoms with E-state index in [0.29, 0.717) is 5.71 Å². The second-order valence-corrected chi connectivity index (χ2v) is 2.23. The summed E-state index contributed by atoms with van der Waals surface area (Å²) in [5.74, 6) is -0.492. The van der Waals surface area contributed by atoms with Gasteiger partial charge in [0, 0.05) is 17.2 Å². The van der Waals surface area contributed by atoms with Gasteiger partial charge in [0.2, 0.25) is 0 Å². The first-order valence-corrected chi connectivity index (χ1v) is 4.12. The van der Waals surface area contributed by atoms with Crippen molar-refractivity contribution in [3.8, 4) is 0 Å². The Bertz CT molecular complexity index is 215. The third kappa shape index (κ3) is 5.15. The third-order valence-electron chi connectivity index (χ3n) is 0.856. The fourth-order valence-corrected chi connectivity index (χ4v) is 0.832. The van der Waals surface area contributed by atoms with Crippen molar-refractivity contribution in [1.29, 1.82) is 0 Å². The minimum absolute atomic E-state index is 0.264. The Morgan fingerprint density at radius 3 is 2.55 bits per heavy atom. The largest absolute Gasteiger partial charge is 0.468 e. The van der Waals surface area contributed by atoms with Crippen molar-refractivity contribution in [1.82, 2.24) is 0 Å². The summed E-state index contributed by atoms with van der Waals surface area (Å²) in [6.07, 6.45) is 0. The van der Waals surface area contributed by atoms with Crippen LogP contribution >= 0.6 is 25.3 Å². The number of hydrogen-bond acceptors (Lipinski definition) is 5. The van der Waals surface area contributed by atoms with Crippen molar-refractivity contribution >= 4 is 36.9 Å². The van der Waals surface area contributed by atoms with Crippen molar-refractivity contribution in [2.75, 3.05) is 25.1 Å². The number of nitrogens with zero attached hydrogens (tertiary/aromatic N) is 1. The van der Waals surface area contributed by atoms with Crippen molar-refractivity contribution < 1.29 is 12.3 Å². The number of carbonyl (C=O) groups is 1. The van der Waals surface area contributed by atoms with Crippen LogP contribution in [0.15, 0.2) is 4.99 Å². The molecule has 0 N–H and O–H groups in total. The minimum Gasteiger partial charge on any atom is -0.468 e. The number of ether oxygens (including phenoxy) is 1. The van der Waals surface area contributed by atoms with Crippen LogP contribution in [0.5, 0.6) is 0 Å². The molecule has 0 aliphatic rings. The maximum atomic E-state index is 10.8. The average molecular weight is 195 g/mol. The fraction of sp³-hybridized carbons (Fsp3) is 0.667. The van der Waals surface area contributed by atoms with E-state index in [1.54, 1.807) is 0 Å². The van der Waals surface area contributed by atoms with Crippen LogP contribution in [0.1, 0.15) is 2.74 Å². The van der Waals surface area contributed by atoms with Crippen LogP contribution in [0, 0.1) is 0 Å². The van der Waals surface area contributed by atoms with Gasteiger partial charge in [-0.15, -0.1) is 0 Å². The quantitative estimate of drug-likeness (QED) is 0.388. The predicted molar refractivity (Wildman–Crippen MR) is 52.0 cm³/mol. The summed E-state index contributed by atoms with van der Waals surface area (Å²) in [5.41, 5.74) is 0.405. The molecule has 0 amide bonds. The highest BCUT2D eigenvalue weighted by molar-refractivity contribution is 7.82. The molecule has 0 aromatic carbocycles. The summed E-state index contributed by atoms with van der Waals surface area (Å²) >= 11 is 7.81. The lowest BCUT2D eigenvalue weighted by molar-refractivity contribution is -0.138. The molecule has 5 heteroatoms. The number of carbonyl (C=O) groups excluding carboxylic acids is 1. The van der Waals surface area contributed by atoms with Crippen molar-refractivity contribution in [3.63, 3.8) is 0 Å². The Morgan fingerprint density at radius 1 is 1.64 bits per heavy atom. The van der Waals surface area contributed by atoms with E-state index < -0.39 is 12.5 Å². The highest BCUT2D eigenvalue weighted by Crippen LogP contribution is 1.88. The summed E-state index contributed by atoms with van der Waals surface area (Å²) in [4.78, 5) is 14.4. The molecule has 0 spiro atoms. The van der Waals surface area contributed by atoms with Crippen LogP contribution < -0.4 is 0 Å². The highest BCUT2D eigenvalue weighted by atomic mass is 32.1. The molecule has 64 valence electrons. The Morgan fingerprint density at radius 2 is 2.18 bits per heavy atom. The van der Waals surface area contributed by atoms with Crippen molar-refractivity contribution in [3.05, 3.63) is 0 Å². The lowest BCUT2D eigenvalue weighted by Crippen LogP contribution is -2.09. The number of thiol groups is 2. The maximum absolute atomic E-state index is 10.8. The van der Waals surface area contributed by atoms with E-state index in [-0.39, 0.29) is 11.5 Å². The normalized spacial score (nSPS) is 13.0. The maximum Gasteiger partial charge on any atom is 0.327 e. The molecule has 0 radical (unpaired) electrons. The highest BCUT2D eigenvalue weighted by Gasteiger charge is 1.98. The van der Waals surface area contributed by atoms with Gasteiger partial charge in [-0.05, 0) is 0 Å². The molecule has 0 fully saturated rings. The molecular formula is C6H11NO2S2. The zero-order valence-corrected chi connectivity index (χ0v) is 7.86. The first-order valence-electron chi connectivity index (χ1n) is 3.85. The first kappa shape index (κ1) is 7.49. The summed E-state index contributed by atoms with van der Waals surface area (Å²) in [6.45, 7) is -2.34. The molecule has 0 saturated heterocycles. The lowest BCUT2D eigenvalue weighted by Gasteiger charge is -1.97. The Kier molecular flexibility index (Phi) is 4.45. The van der Waals surface area contributed by atoms with E-state index in [4.69, 9.17) is 2.74 Å². The molecule has 0 atom stereocenters. The van der Waals surface area contributed by atoms with E-state index in [1.807, 2.05) is 0 Å². The molecule has 3 nitrogen and oxygen atoms in total. The lowest BCUT2D eigenvalue weighted by atomic mass is 10.5. The standard InChI is InChI=1S/C6H11NO2S2/c1-9-6(8)2-7-5(3-10)4-11/h10-11H,2-4H2,1H3/i2D2. The smallest absolute Gasteiger partial charge is 0.327 e. The summed E-state index contributed by atoms with van der Waals surface area (Å²) < 4.78 is 18.6. The second-order valence-electron chi connectivity index (χ2n) is 1.60. The van der Waals surface area contributed by atoms with Crippen LogP contribution in [0.3, 0.4) is 0 Å². The van der Waals surface area contributed by atoms with Gasteiger partial charge in [0.05, 0.1) is 9.85 Å². The molecule has 0 bridgehead atoms. The Labute approximate surface area is 79.9 Å². The van der Waals surface area contributed by atoms with Gasteiger partial charge in [-0.2, -0.15) is 25.3 Å². The molecule has 0 aromatic heterocycles. The van der Waals surface area contributed by atoms with Gasteiger partial charge in [-0.25, -0.2) is 0 Å². The van der Waals surface area contributed by atoms with E-state index in [9.17, 15) is 4.79 Å². The first-order chi connectivity index (χ1) is 5.97. The zero-order valence-electron chi connectivity index (χ0n) is 8.07. The second kappa shape index (κ2) is 6.54. The fourth-order valence-electron chi connectivity index (χ4n) is 0.291. The van der Waals surface area contributed by atoms with Gasteiger partial charge in [-0.3, -0.25) is 9.79 Å². The molecule has 11 heavy (non-hydrogen) atoms. The van der Waals surface area contributed by atoms with Crippen LogP contribution in [0.25, 0.3) is 0 Å². The van der Waals surface area contributed by atoms with Gasteiger partial charge in [0.25, 0.3) is 0 Å². The molecule has 0 aromatic rings. The number of hydrogen-bond donors (Lipinski definition) is 2. The van der Waals surface area contributed by atoms with Gasteiger partial charge >= 0.3 is 5.97 Å². The molecule has 0 unspecified atom stereocenters. The van der Waals surface area contributed by atoms with Crippen LogP contribution in [0.4, 0.5) is 0 Å². The number of methoxy groups -OCH3 is 1. The molecule has 0 aliphatic heterocycles. The number of esters is 1. The van der Waals surface area contributed by atoms with Crippen molar-refractivity contribution in [2.24, 2.45) is 4.99 Å². The topological polar surface area (TPSA) is 38.7 Å². The third-order valence-corrected chi connectivity index (χ3v) is 1.59. The number of rotatable bonds is 4. The summed E-state index contributed by atoms with van der Waals surface area (Å²) in [7, 11) is 1.11. The van der Waals surface area contributed by atoms with Crippen molar-refractivity contribution in [2.45, 2.75) is 0 Å². The SMILES string of the molecule is [2H]C([2H])(N=C(CS)CS)C(=O)OC. The Hall–Kier alpha value is -0.160. The molecule has 0 rings (SSSR count). The van der Waals surface area contributed by atoms with Gasteiger partial charge in [0.15, 0.2) is 0 Å². The van der Waals surface area contributed by atoms with Gasteiger partial charge in [0.1, 0.15) is 6.50 Å². The average Bonchev–Trinajstić information content (AvgIpc) is 2.12. The van der Waals surface area contributed by atoms with Crippen LogP contribution in [-0.2, 0) is 9.53 Å². The van der Waals surface area contributed by atoms with Crippen LogP contribution in [-0.4, -0.2) is 36.8 Å². The summed E-state index contributed by atoms with van der Waals surface area (Å²) in [5, 5.41) is 0. The zero-order chi connectivity index (χ0) is 10.5. The molecule has 0 saturated carbocycles. The van der Waals surface area contributed by atoms with E-state index in [0.717, 1.165) is 7.11 Å². The minimum atomic E-state index is -2.34. The molecule has 0 aliphatic carbocycles. The van der Waals surface area contributed by atoms with E-state index in [1.165, 1.54) is 0 Å². The van der Waals surface area contributed by atoms with Crippen LogP contribution in [0.2, 0.25) is 0 Å².